The highest BCUT2D eigenvalue weighted by Gasteiger charge is 2.28. The molecule has 1 fully saturated rings. The number of methoxy groups -OCH3 is 1. The Labute approximate surface area is 113 Å². The number of carbonyl (C=O) groups excluding carboxylic acids is 1. The molecule has 1 atom stereocenters. The summed E-state index contributed by atoms with van der Waals surface area (Å²) in [6, 6.07) is 2.58. The normalized spacial score (nSPS) is 19.3. The smallest absolute Gasteiger partial charge is 0.255 e. The Morgan fingerprint density at radius 2 is 2.33 bits per heavy atom. The zero-order valence-corrected chi connectivity index (χ0v) is 11.5. The van der Waals surface area contributed by atoms with Crippen molar-refractivity contribution in [2.45, 2.75) is 12.5 Å². The second-order valence-corrected chi connectivity index (χ2v) is 5.11. The van der Waals surface area contributed by atoms with Gasteiger partial charge in [-0.2, -0.15) is 0 Å². The van der Waals surface area contributed by atoms with Gasteiger partial charge in [0.1, 0.15) is 5.82 Å². The molecule has 1 heterocycles. The highest BCUT2D eigenvalue weighted by molar-refractivity contribution is 9.10. The van der Waals surface area contributed by atoms with E-state index in [1.54, 1.807) is 12.0 Å². The van der Waals surface area contributed by atoms with Crippen molar-refractivity contribution in [1.29, 1.82) is 0 Å². The van der Waals surface area contributed by atoms with E-state index in [2.05, 4.69) is 15.9 Å². The number of hydrogen-bond donors (Lipinski definition) is 1. The van der Waals surface area contributed by atoms with Gasteiger partial charge >= 0.3 is 0 Å². The molecule has 6 heteroatoms. The van der Waals surface area contributed by atoms with Crippen LogP contribution in [0.25, 0.3) is 0 Å². The molecule has 18 heavy (non-hydrogen) atoms. The first-order chi connectivity index (χ1) is 8.52. The molecule has 0 radical (unpaired) electrons. The molecule has 4 nitrogen and oxygen atoms in total. The van der Waals surface area contributed by atoms with Crippen LogP contribution in [0.15, 0.2) is 16.6 Å². The number of halogens is 2. The van der Waals surface area contributed by atoms with Gasteiger partial charge in [0, 0.05) is 24.7 Å². The van der Waals surface area contributed by atoms with Gasteiger partial charge in [0.05, 0.1) is 17.4 Å². The molecule has 1 aliphatic rings. The van der Waals surface area contributed by atoms with Gasteiger partial charge in [-0.05, 0) is 34.5 Å². The maximum atomic E-state index is 13.2. The Hall–Kier alpha value is -1.14. The van der Waals surface area contributed by atoms with Gasteiger partial charge in [-0.3, -0.25) is 4.79 Å². The average Bonchev–Trinajstić information content (AvgIpc) is 2.81. The maximum Gasteiger partial charge on any atom is 0.255 e. The Bertz CT molecular complexity index is 481. The van der Waals surface area contributed by atoms with Crippen LogP contribution in [0, 0.1) is 5.82 Å². The van der Waals surface area contributed by atoms with Crippen LogP contribution in [-0.4, -0.2) is 37.1 Å². The molecule has 0 spiro atoms. The van der Waals surface area contributed by atoms with Crippen LogP contribution >= 0.6 is 15.9 Å². The minimum Gasteiger partial charge on any atom is -0.396 e. The summed E-state index contributed by atoms with van der Waals surface area (Å²) in [5, 5.41) is 0. The second kappa shape index (κ2) is 5.24. The molecule has 98 valence electrons. The molecule has 1 aliphatic heterocycles. The van der Waals surface area contributed by atoms with Crippen molar-refractivity contribution in [2.24, 2.45) is 0 Å². The minimum atomic E-state index is -0.533. The van der Waals surface area contributed by atoms with E-state index in [4.69, 9.17) is 10.5 Å². The van der Waals surface area contributed by atoms with Crippen LogP contribution in [0.3, 0.4) is 0 Å². The van der Waals surface area contributed by atoms with Crippen molar-refractivity contribution in [3.63, 3.8) is 0 Å². The standard InChI is InChI=1S/C12H14BrFN2O2/c1-18-7-2-3-16(6-7)12(17)8-4-11(15)10(14)5-9(8)13/h4-5,7H,2-3,6,15H2,1H3. The van der Waals surface area contributed by atoms with E-state index in [1.165, 1.54) is 12.1 Å². The predicted molar refractivity (Wildman–Crippen MR) is 69.8 cm³/mol. The predicted octanol–water partition coefficient (Wildman–Crippen LogP) is 2.03. The number of amides is 1. The summed E-state index contributed by atoms with van der Waals surface area (Å²) in [5.74, 6) is -0.692. The van der Waals surface area contributed by atoms with Crippen LogP contribution < -0.4 is 5.73 Å². The molecule has 1 saturated heterocycles. The molecule has 1 unspecified atom stereocenters. The van der Waals surface area contributed by atoms with Crippen LogP contribution in [0.5, 0.6) is 0 Å². The Kier molecular flexibility index (Phi) is 3.87. The summed E-state index contributed by atoms with van der Waals surface area (Å²) >= 11 is 3.19. The maximum absolute atomic E-state index is 13.2. The Morgan fingerprint density at radius 1 is 1.61 bits per heavy atom. The van der Waals surface area contributed by atoms with Gasteiger partial charge < -0.3 is 15.4 Å². The van der Waals surface area contributed by atoms with Gasteiger partial charge in [0.25, 0.3) is 5.91 Å². The number of anilines is 1. The third kappa shape index (κ3) is 2.49. The SMILES string of the molecule is COC1CCN(C(=O)c2cc(N)c(F)cc2Br)C1. The molecule has 2 rings (SSSR count). The molecule has 2 N–H and O–H groups in total. The molecular formula is C12H14BrFN2O2. The largest absolute Gasteiger partial charge is 0.396 e. The Balaban J connectivity index is 2.22. The lowest BCUT2D eigenvalue weighted by molar-refractivity contribution is 0.0723. The third-order valence-corrected chi connectivity index (χ3v) is 3.74. The summed E-state index contributed by atoms with van der Waals surface area (Å²) in [5.41, 5.74) is 5.84. The lowest BCUT2D eigenvalue weighted by atomic mass is 10.1. The highest BCUT2D eigenvalue weighted by atomic mass is 79.9. The fourth-order valence-electron chi connectivity index (χ4n) is 2.01. The fraction of sp³-hybridized carbons (Fsp3) is 0.417. The summed E-state index contributed by atoms with van der Waals surface area (Å²) < 4.78 is 18.8. The summed E-state index contributed by atoms with van der Waals surface area (Å²) in [6.45, 7) is 1.19. The first kappa shape index (κ1) is 13.3. The Morgan fingerprint density at radius 3 is 2.94 bits per heavy atom. The number of nitrogens with two attached hydrogens (primary N) is 1. The van der Waals surface area contributed by atoms with E-state index < -0.39 is 5.82 Å². The van der Waals surface area contributed by atoms with E-state index in [1.807, 2.05) is 0 Å². The van der Waals surface area contributed by atoms with Crippen molar-refractivity contribution >= 4 is 27.5 Å². The van der Waals surface area contributed by atoms with Crippen LogP contribution in [0.1, 0.15) is 16.8 Å². The fourth-order valence-corrected chi connectivity index (χ4v) is 2.49. The number of hydrogen-bond acceptors (Lipinski definition) is 3. The highest BCUT2D eigenvalue weighted by Crippen LogP contribution is 2.25. The van der Waals surface area contributed by atoms with Gasteiger partial charge in [0.15, 0.2) is 0 Å². The van der Waals surface area contributed by atoms with Crippen molar-refractivity contribution in [1.82, 2.24) is 4.90 Å². The minimum absolute atomic E-state index is 0.0240. The van der Waals surface area contributed by atoms with Crippen molar-refractivity contribution in [2.75, 3.05) is 25.9 Å². The zero-order chi connectivity index (χ0) is 13.3. The first-order valence-corrected chi connectivity index (χ1v) is 6.38. The number of rotatable bonds is 2. The average molecular weight is 317 g/mol. The van der Waals surface area contributed by atoms with E-state index in [9.17, 15) is 9.18 Å². The molecule has 0 aliphatic carbocycles. The molecule has 1 amide bonds. The van der Waals surface area contributed by atoms with Crippen LogP contribution in [0.4, 0.5) is 10.1 Å². The van der Waals surface area contributed by atoms with E-state index in [0.29, 0.717) is 23.1 Å². The van der Waals surface area contributed by atoms with Gasteiger partial charge in [-0.15, -0.1) is 0 Å². The van der Waals surface area contributed by atoms with Gasteiger partial charge in [-0.25, -0.2) is 4.39 Å². The van der Waals surface area contributed by atoms with Gasteiger partial charge in [-0.1, -0.05) is 0 Å². The monoisotopic (exact) mass is 316 g/mol. The lowest BCUT2D eigenvalue weighted by Gasteiger charge is -2.17. The first-order valence-electron chi connectivity index (χ1n) is 5.59. The molecule has 1 aromatic rings. The van der Waals surface area contributed by atoms with E-state index >= 15 is 0 Å². The molecule has 0 aromatic heterocycles. The summed E-state index contributed by atoms with van der Waals surface area (Å²) in [7, 11) is 1.63. The number of ether oxygens (including phenoxy) is 1. The van der Waals surface area contributed by atoms with Crippen molar-refractivity contribution < 1.29 is 13.9 Å². The number of nitrogens with zero attached hydrogens (tertiary/aromatic N) is 1. The van der Waals surface area contributed by atoms with Gasteiger partial charge in [0.2, 0.25) is 0 Å². The summed E-state index contributed by atoms with van der Waals surface area (Å²) in [4.78, 5) is 13.9. The summed E-state index contributed by atoms with van der Waals surface area (Å²) in [6.07, 6.45) is 0.891. The topological polar surface area (TPSA) is 55.6 Å². The third-order valence-electron chi connectivity index (χ3n) is 3.08. The molecule has 0 saturated carbocycles. The number of likely N-dealkylation sites (tertiary alicyclic amines) is 1. The van der Waals surface area contributed by atoms with Crippen LogP contribution in [0.2, 0.25) is 0 Å². The quantitative estimate of drug-likeness (QED) is 0.849. The number of carbonyl (C=O) groups is 1. The van der Waals surface area contributed by atoms with Crippen molar-refractivity contribution in [3.8, 4) is 0 Å². The zero-order valence-electron chi connectivity index (χ0n) is 9.95. The van der Waals surface area contributed by atoms with E-state index in [-0.39, 0.29) is 17.7 Å². The van der Waals surface area contributed by atoms with Crippen LogP contribution in [-0.2, 0) is 4.74 Å². The lowest BCUT2D eigenvalue weighted by Crippen LogP contribution is -2.30. The second-order valence-electron chi connectivity index (χ2n) is 4.25. The molecule has 1 aromatic carbocycles. The van der Waals surface area contributed by atoms with Crippen molar-refractivity contribution in [3.05, 3.63) is 28.0 Å². The number of nitrogen functional groups attached to an aromatic ring is 1. The van der Waals surface area contributed by atoms with E-state index in [0.717, 1.165) is 6.42 Å². The molecular weight excluding hydrogens is 303 g/mol. The number of benzene rings is 1. The molecule has 0 bridgehead atoms.